The number of cyclic esters (lactones) is 1. The van der Waals surface area contributed by atoms with Gasteiger partial charge in [0.25, 0.3) is 0 Å². The normalized spacial score (nSPS) is 43.8. The molecule has 14 nitrogen and oxygen atoms in total. The third-order valence-corrected chi connectivity index (χ3v) is 10.1. The first-order valence-electron chi connectivity index (χ1n) is 16.6. The molecule has 0 bridgehead atoms. The summed E-state index contributed by atoms with van der Waals surface area (Å²) in [5, 5.41) is 14.7. The molecule has 0 aromatic heterocycles. The molecule has 3 saturated heterocycles. The van der Waals surface area contributed by atoms with E-state index in [1.165, 1.54) is 14.0 Å². The molecule has 0 radical (unpaired) electrons. The average molecular weight is 673 g/mol. The van der Waals surface area contributed by atoms with Crippen molar-refractivity contribution in [3.8, 4) is 0 Å². The van der Waals surface area contributed by atoms with Crippen LogP contribution in [-0.2, 0) is 47.5 Å². The van der Waals surface area contributed by atoms with E-state index in [4.69, 9.17) is 33.2 Å². The van der Waals surface area contributed by atoms with Crippen molar-refractivity contribution in [2.24, 2.45) is 17.8 Å². The second kappa shape index (κ2) is 15.4. The number of likely N-dealkylation sites (N-methyl/N-ethyl adjacent to an activating group) is 1. The number of nitrogens with one attached hydrogen (secondary N) is 1. The van der Waals surface area contributed by atoms with Crippen LogP contribution in [0.1, 0.15) is 81.6 Å². The van der Waals surface area contributed by atoms with Gasteiger partial charge in [0.15, 0.2) is 24.1 Å². The molecule has 47 heavy (non-hydrogen) atoms. The number of fused-ring (bicyclic) bond motifs is 1. The molecule has 3 aliphatic rings. The molecule has 14 heteroatoms. The predicted octanol–water partition coefficient (Wildman–Crippen LogP) is 2.57. The Morgan fingerprint density at radius 3 is 2.28 bits per heavy atom. The van der Waals surface area contributed by atoms with Crippen LogP contribution in [0.15, 0.2) is 0 Å². The minimum absolute atomic E-state index is 0.121. The Balaban J connectivity index is 2.10. The monoisotopic (exact) mass is 672 g/mol. The van der Waals surface area contributed by atoms with Crippen molar-refractivity contribution >= 4 is 24.0 Å². The van der Waals surface area contributed by atoms with Crippen LogP contribution in [0.4, 0.5) is 4.79 Å². The number of methoxy groups -OCH3 is 1. The molecule has 0 saturated carbocycles. The van der Waals surface area contributed by atoms with Gasteiger partial charge in [-0.3, -0.25) is 14.4 Å². The fourth-order valence-electron chi connectivity index (χ4n) is 7.34. The number of hydrogen-bond acceptors (Lipinski definition) is 13. The highest BCUT2D eigenvalue weighted by atomic mass is 16.8. The highest BCUT2D eigenvalue weighted by molar-refractivity contribution is 5.79. The SMILES string of the molecule is CC[C@H]1OC(=O)[C@H](C)[C@@H](O)[C@H](C)[C@@H](O[C@@H]2O[C@H](C)C[C@H](N(C)C)[C@H]2OC(C)=O)[C@](C)(OC)C[C@@H](C)C(=O)N[C@H](C)[C@H]2OC(=O)O[C@@]21C. The number of aliphatic hydroxyl groups excluding tert-OH is 1. The Kier molecular flexibility index (Phi) is 12.7. The summed E-state index contributed by atoms with van der Waals surface area (Å²) in [4.78, 5) is 53.9. The summed E-state index contributed by atoms with van der Waals surface area (Å²) < 4.78 is 41.8. The molecule has 270 valence electrons. The van der Waals surface area contributed by atoms with Crippen LogP contribution in [0.3, 0.4) is 0 Å². The van der Waals surface area contributed by atoms with Crippen LogP contribution < -0.4 is 5.32 Å². The third-order valence-electron chi connectivity index (χ3n) is 10.1. The minimum atomic E-state index is -1.41. The number of aliphatic hydroxyl groups is 1. The van der Waals surface area contributed by atoms with Crippen LogP contribution >= 0.6 is 0 Å². The number of ether oxygens (including phenoxy) is 7. The molecule has 0 spiro atoms. The molecule has 3 rings (SSSR count). The fourth-order valence-corrected chi connectivity index (χ4v) is 7.34. The average Bonchev–Trinajstić information content (AvgIpc) is 3.31. The van der Waals surface area contributed by atoms with Gasteiger partial charge >= 0.3 is 18.1 Å². The lowest BCUT2D eigenvalue weighted by Crippen LogP contribution is -2.60. The molecule has 0 aromatic carbocycles. The Bertz CT molecular complexity index is 1140. The largest absolute Gasteiger partial charge is 0.509 e. The first kappa shape index (κ1) is 38.9. The number of esters is 2. The van der Waals surface area contributed by atoms with E-state index in [9.17, 15) is 24.3 Å². The Morgan fingerprint density at radius 2 is 1.72 bits per heavy atom. The fraction of sp³-hybridized carbons (Fsp3) is 0.879. The minimum Gasteiger partial charge on any atom is -0.458 e. The van der Waals surface area contributed by atoms with Gasteiger partial charge in [-0.25, -0.2) is 4.79 Å². The van der Waals surface area contributed by atoms with E-state index in [0.717, 1.165) is 0 Å². The lowest BCUT2D eigenvalue weighted by molar-refractivity contribution is -0.303. The first-order valence-corrected chi connectivity index (χ1v) is 16.6. The standard InChI is InChI=1S/C33H56N2O12/c1-13-23-33(9)27(46-31(40)47-33)20(6)34-28(38)16(2)15-32(8,41-12)26(18(4)24(37)19(5)29(39)44-23)45-30-25(43-21(7)36)22(35(10)11)14-17(3)42-30/h16-20,22-27,30,37H,13-15H2,1-12H3,(H,34,38)/t16-,17-,18+,19-,20-,22+,23-,24+,25-,26-,27-,30+,32-,33-/m1/s1. The van der Waals surface area contributed by atoms with Crippen molar-refractivity contribution in [1.82, 2.24) is 10.2 Å². The van der Waals surface area contributed by atoms with Crippen molar-refractivity contribution in [1.29, 1.82) is 0 Å². The topological polar surface area (TPSA) is 168 Å². The van der Waals surface area contributed by atoms with Gasteiger partial charge in [-0.1, -0.05) is 20.8 Å². The number of hydrogen-bond donors (Lipinski definition) is 2. The van der Waals surface area contributed by atoms with E-state index in [2.05, 4.69) is 5.32 Å². The zero-order chi connectivity index (χ0) is 35.6. The number of amides is 1. The maximum Gasteiger partial charge on any atom is 0.509 e. The van der Waals surface area contributed by atoms with Crippen LogP contribution in [0.2, 0.25) is 0 Å². The summed E-state index contributed by atoms with van der Waals surface area (Å²) in [6.45, 7) is 15.1. The molecule has 3 fully saturated rings. The molecular weight excluding hydrogens is 616 g/mol. The molecule has 0 aromatic rings. The Hall–Kier alpha value is -2.52. The van der Waals surface area contributed by atoms with E-state index in [0.29, 0.717) is 6.42 Å². The molecule has 0 unspecified atom stereocenters. The molecule has 2 N–H and O–H groups in total. The van der Waals surface area contributed by atoms with E-state index in [-0.39, 0.29) is 30.9 Å². The van der Waals surface area contributed by atoms with Crippen molar-refractivity contribution in [2.75, 3.05) is 21.2 Å². The van der Waals surface area contributed by atoms with Gasteiger partial charge < -0.3 is 48.5 Å². The highest BCUT2D eigenvalue weighted by Gasteiger charge is 2.58. The molecule has 3 aliphatic heterocycles. The van der Waals surface area contributed by atoms with Crippen LogP contribution in [0, 0.1) is 17.8 Å². The molecule has 0 aliphatic carbocycles. The van der Waals surface area contributed by atoms with Gasteiger partial charge in [0.2, 0.25) is 5.91 Å². The summed E-state index contributed by atoms with van der Waals surface area (Å²) in [5.74, 6) is -4.09. The second-order valence-corrected chi connectivity index (χ2v) is 14.2. The lowest BCUT2D eigenvalue weighted by atomic mass is 9.77. The zero-order valence-corrected chi connectivity index (χ0v) is 29.9. The lowest BCUT2D eigenvalue weighted by Gasteiger charge is -2.48. The van der Waals surface area contributed by atoms with E-state index in [1.807, 2.05) is 25.9 Å². The number of nitrogens with zero attached hydrogens (tertiary/aromatic N) is 1. The molecule has 14 atom stereocenters. The van der Waals surface area contributed by atoms with Gasteiger partial charge in [0.1, 0.15) is 6.10 Å². The van der Waals surface area contributed by atoms with E-state index < -0.39 is 89.9 Å². The quantitative estimate of drug-likeness (QED) is 0.312. The second-order valence-electron chi connectivity index (χ2n) is 14.2. The summed E-state index contributed by atoms with van der Waals surface area (Å²) in [7, 11) is 5.24. The van der Waals surface area contributed by atoms with Gasteiger partial charge in [-0.15, -0.1) is 0 Å². The molecule has 3 heterocycles. The van der Waals surface area contributed by atoms with E-state index in [1.54, 1.807) is 48.5 Å². The number of carbonyl (C=O) groups is 4. The van der Waals surface area contributed by atoms with Crippen molar-refractivity contribution < 1.29 is 57.4 Å². The Morgan fingerprint density at radius 1 is 1.09 bits per heavy atom. The van der Waals surface area contributed by atoms with Gasteiger partial charge in [0, 0.05) is 25.9 Å². The van der Waals surface area contributed by atoms with Gasteiger partial charge in [-0.05, 0) is 68.0 Å². The zero-order valence-electron chi connectivity index (χ0n) is 29.9. The molecular formula is C33H56N2O12. The number of rotatable bonds is 6. The smallest absolute Gasteiger partial charge is 0.458 e. The van der Waals surface area contributed by atoms with Gasteiger partial charge in [0.05, 0.1) is 41.9 Å². The maximum atomic E-state index is 13.7. The Labute approximate surface area is 278 Å². The summed E-state index contributed by atoms with van der Waals surface area (Å²) in [5.41, 5.74) is -2.64. The van der Waals surface area contributed by atoms with Crippen LogP contribution in [0.25, 0.3) is 0 Å². The summed E-state index contributed by atoms with van der Waals surface area (Å²) >= 11 is 0. The van der Waals surface area contributed by atoms with Crippen molar-refractivity contribution in [3.05, 3.63) is 0 Å². The maximum absolute atomic E-state index is 13.7. The van der Waals surface area contributed by atoms with Crippen molar-refractivity contribution in [2.45, 2.75) is 148 Å². The number of carbonyl (C=O) groups excluding carboxylic acids is 4. The summed E-state index contributed by atoms with van der Waals surface area (Å²) in [6, 6.07) is -0.959. The van der Waals surface area contributed by atoms with Crippen molar-refractivity contribution in [3.63, 3.8) is 0 Å². The highest BCUT2D eigenvalue weighted by Crippen LogP contribution is 2.40. The van der Waals surface area contributed by atoms with E-state index >= 15 is 0 Å². The van der Waals surface area contributed by atoms with Crippen LogP contribution in [-0.4, -0.2) is 121 Å². The van der Waals surface area contributed by atoms with Gasteiger partial charge in [-0.2, -0.15) is 0 Å². The first-order chi connectivity index (χ1) is 21.8. The third kappa shape index (κ3) is 8.38. The predicted molar refractivity (Wildman–Crippen MR) is 168 cm³/mol. The summed E-state index contributed by atoms with van der Waals surface area (Å²) in [6.07, 6.45) is -6.33. The molecule has 1 amide bonds. The van der Waals surface area contributed by atoms with Crippen LogP contribution in [0.5, 0.6) is 0 Å².